The van der Waals surface area contributed by atoms with E-state index in [1.54, 1.807) is 24.3 Å². The first-order valence-corrected chi connectivity index (χ1v) is 10.1. The van der Waals surface area contributed by atoms with E-state index in [1.807, 2.05) is 37.3 Å². The average Bonchev–Trinajstić information content (AvgIpc) is 2.98. The highest BCUT2D eigenvalue weighted by Crippen LogP contribution is 2.33. The lowest BCUT2D eigenvalue weighted by molar-refractivity contribution is 0.153. The Morgan fingerprint density at radius 2 is 1.76 bits per heavy atom. The summed E-state index contributed by atoms with van der Waals surface area (Å²) in [6.45, 7) is 1.74. The topological polar surface area (TPSA) is 79.5 Å². The zero-order chi connectivity index (χ0) is 18.0. The van der Waals surface area contributed by atoms with E-state index in [1.165, 1.54) is 0 Å². The molecule has 0 radical (unpaired) electrons. The van der Waals surface area contributed by atoms with Crippen LogP contribution in [0.5, 0.6) is 0 Å². The van der Waals surface area contributed by atoms with Crippen LogP contribution in [0.25, 0.3) is 11.0 Å². The lowest BCUT2D eigenvalue weighted by Gasteiger charge is -2.19. The maximum Gasteiger partial charge on any atom is 0.275 e. The number of fused-ring (bicyclic) bond motifs is 1. The highest BCUT2D eigenvalue weighted by atomic mass is 79.9. The first-order valence-electron chi connectivity index (χ1n) is 7.80. The van der Waals surface area contributed by atoms with Gasteiger partial charge in [0.15, 0.2) is 0 Å². The van der Waals surface area contributed by atoms with E-state index in [2.05, 4.69) is 20.7 Å². The second-order valence-corrected chi connectivity index (χ2v) is 8.28. The van der Waals surface area contributed by atoms with Gasteiger partial charge in [0.05, 0.1) is 10.6 Å². The van der Waals surface area contributed by atoms with E-state index in [0.717, 1.165) is 5.56 Å². The van der Waals surface area contributed by atoms with Crippen molar-refractivity contribution >= 4 is 36.9 Å². The minimum absolute atomic E-state index is 0.109. The van der Waals surface area contributed by atoms with Crippen LogP contribution in [-0.4, -0.2) is 26.2 Å². The second-order valence-electron chi connectivity index (χ2n) is 5.82. The minimum Gasteiger partial charge on any atom is -0.442 e. The Balaban J connectivity index is 1.76. The Hall–Kier alpha value is -1.67. The van der Waals surface area contributed by atoms with Gasteiger partial charge in [-0.05, 0) is 33.6 Å². The van der Waals surface area contributed by atoms with Crippen molar-refractivity contribution in [3.63, 3.8) is 0 Å². The molecule has 0 fully saturated rings. The molecule has 2 unspecified atom stereocenters. The number of aliphatic hydroxyl groups is 1. The van der Waals surface area contributed by atoms with E-state index in [-0.39, 0.29) is 17.6 Å². The lowest BCUT2D eigenvalue weighted by Crippen LogP contribution is -2.34. The number of hydrogen-bond donors (Lipinski definition) is 2. The van der Waals surface area contributed by atoms with Crippen LogP contribution in [-0.2, 0) is 10.0 Å². The predicted molar refractivity (Wildman–Crippen MR) is 100.0 cm³/mol. The predicted octanol–water partition coefficient (Wildman–Crippen LogP) is 3.64. The number of benzene rings is 2. The quantitative estimate of drug-likeness (QED) is 0.634. The lowest BCUT2D eigenvalue weighted by atomic mass is 9.96. The maximum atomic E-state index is 12.5. The van der Waals surface area contributed by atoms with Crippen molar-refractivity contribution in [1.29, 1.82) is 0 Å². The van der Waals surface area contributed by atoms with Crippen LogP contribution in [0.15, 0.2) is 68.6 Å². The molecule has 0 saturated heterocycles. The standard InChI is InChI=1S/C18H18BrNO4S/c1-12(13-7-3-2-4-8-13)15(21)11-20-25(22,23)18-17(19)14-9-5-6-10-16(14)24-18/h2-10,12,15,20-21H,11H2,1H3. The van der Waals surface area contributed by atoms with Crippen LogP contribution >= 0.6 is 15.9 Å². The van der Waals surface area contributed by atoms with Gasteiger partial charge in [-0.1, -0.05) is 49.4 Å². The molecule has 0 spiro atoms. The van der Waals surface area contributed by atoms with Crippen molar-refractivity contribution in [1.82, 2.24) is 4.72 Å². The summed E-state index contributed by atoms with van der Waals surface area (Å²) in [6, 6.07) is 16.5. The molecule has 1 heterocycles. The highest BCUT2D eigenvalue weighted by Gasteiger charge is 2.26. The van der Waals surface area contributed by atoms with Crippen LogP contribution in [0.3, 0.4) is 0 Å². The first-order chi connectivity index (χ1) is 11.9. The van der Waals surface area contributed by atoms with E-state index in [4.69, 9.17) is 4.42 Å². The summed E-state index contributed by atoms with van der Waals surface area (Å²) in [7, 11) is -3.89. The monoisotopic (exact) mass is 423 g/mol. The molecule has 0 aliphatic rings. The van der Waals surface area contributed by atoms with Gasteiger partial charge in [-0.3, -0.25) is 0 Å². The van der Waals surface area contributed by atoms with Crippen molar-refractivity contribution in [3.05, 3.63) is 64.6 Å². The molecule has 25 heavy (non-hydrogen) atoms. The van der Waals surface area contributed by atoms with E-state index in [0.29, 0.717) is 15.4 Å². The Morgan fingerprint density at radius 3 is 2.44 bits per heavy atom. The molecule has 7 heteroatoms. The van der Waals surface area contributed by atoms with Crippen molar-refractivity contribution in [2.45, 2.75) is 24.0 Å². The summed E-state index contributed by atoms with van der Waals surface area (Å²) in [6.07, 6.45) is -0.861. The van der Waals surface area contributed by atoms with Gasteiger partial charge in [0.25, 0.3) is 10.0 Å². The molecular formula is C18H18BrNO4S. The Kier molecular flexibility index (Phi) is 5.29. The van der Waals surface area contributed by atoms with Crippen LogP contribution in [0.1, 0.15) is 18.4 Å². The molecule has 0 aliphatic heterocycles. The molecular weight excluding hydrogens is 406 g/mol. The summed E-state index contributed by atoms with van der Waals surface area (Å²) in [5, 5.41) is 10.8. The molecule has 132 valence electrons. The number of rotatable bonds is 6. The van der Waals surface area contributed by atoms with Gasteiger partial charge >= 0.3 is 0 Å². The number of nitrogens with one attached hydrogen (secondary N) is 1. The largest absolute Gasteiger partial charge is 0.442 e. The maximum absolute atomic E-state index is 12.5. The fraction of sp³-hybridized carbons (Fsp3) is 0.222. The molecule has 3 aromatic rings. The first kappa shape index (κ1) is 18.1. The fourth-order valence-corrected chi connectivity index (χ4v) is 4.70. The third kappa shape index (κ3) is 3.79. The molecule has 2 N–H and O–H groups in total. The highest BCUT2D eigenvalue weighted by molar-refractivity contribution is 9.10. The van der Waals surface area contributed by atoms with E-state index >= 15 is 0 Å². The van der Waals surface area contributed by atoms with Crippen LogP contribution in [0.4, 0.5) is 0 Å². The van der Waals surface area contributed by atoms with Crippen LogP contribution in [0.2, 0.25) is 0 Å². The van der Waals surface area contributed by atoms with Crippen LogP contribution in [0, 0.1) is 0 Å². The second kappa shape index (κ2) is 7.29. The molecule has 0 aliphatic carbocycles. The van der Waals surface area contributed by atoms with Crippen LogP contribution < -0.4 is 4.72 Å². The van der Waals surface area contributed by atoms with Gasteiger partial charge in [0.2, 0.25) is 5.09 Å². The molecule has 3 rings (SSSR count). The third-order valence-corrected chi connectivity index (χ3v) is 6.51. The molecule has 2 atom stereocenters. The molecule has 1 aromatic heterocycles. The van der Waals surface area contributed by atoms with Gasteiger partial charge in [-0.25, -0.2) is 13.1 Å². The fourth-order valence-electron chi connectivity index (χ4n) is 2.58. The number of hydrogen-bond acceptors (Lipinski definition) is 4. The SMILES string of the molecule is CC(c1ccccc1)C(O)CNS(=O)(=O)c1oc2ccccc2c1Br. The zero-order valence-electron chi connectivity index (χ0n) is 13.5. The molecule has 0 amide bonds. The Bertz CT molecular complexity index is 969. The molecule has 0 saturated carbocycles. The Labute approximate surface area is 154 Å². The molecule has 5 nitrogen and oxygen atoms in total. The summed E-state index contributed by atoms with van der Waals surface area (Å²) in [5.41, 5.74) is 1.42. The number of halogens is 1. The van der Waals surface area contributed by atoms with Gasteiger partial charge in [0, 0.05) is 17.8 Å². The van der Waals surface area contributed by atoms with Gasteiger partial charge in [-0.15, -0.1) is 0 Å². The molecule has 0 bridgehead atoms. The minimum atomic E-state index is -3.89. The number of para-hydroxylation sites is 1. The van der Waals surface area contributed by atoms with Crippen molar-refractivity contribution in [2.75, 3.05) is 6.54 Å². The average molecular weight is 424 g/mol. The summed E-state index contributed by atoms with van der Waals surface area (Å²) in [4.78, 5) is 0. The zero-order valence-corrected chi connectivity index (χ0v) is 15.9. The van der Waals surface area contributed by atoms with Crippen molar-refractivity contribution < 1.29 is 17.9 Å². The van der Waals surface area contributed by atoms with Gasteiger partial charge in [0.1, 0.15) is 5.58 Å². The number of furan rings is 1. The number of aliphatic hydroxyl groups excluding tert-OH is 1. The van der Waals surface area contributed by atoms with E-state index < -0.39 is 16.1 Å². The normalized spacial score (nSPS) is 14.5. The number of sulfonamides is 1. The van der Waals surface area contributed by atoms with Gasteiger partial charge < -0.3 is 9.52 Å². The van der Waals surface area contributed by atoms with Crippen molar-refractivity contribution in [3.8, 4) is 0 Å². The van der Waals surface area contributed by atoms with Crippen molar-refractivity contribution in [2.24, 2.45) is 0 Å². The smallest absolute Gasteiger partial charge is 0.275 e. The summed E-state index contributed by atoms with van der Waals surface area (Å²) in [5.74, 6) is -0.206. The Morgan fingerprint density at radius 1 is 1.12 bits per heavy atom. The third-order valence-electron chi connectivity index (χ3n) is 4.13. The molecule has 2 aromatic carbocycles. The summed E-state index contributed by atoms with van der Waals surface area (Å²) < 4.78 is 33.3. The summed E-state index contributed by atoms with van der Waals surface area (Å²) >= 11 is 3.28. The van der Waals surface area contributed by atoms with Gasteiger partial charge in [-0.2, -0.15) is 0 Å². The van der Waals surface area contributed by atoms with E-state index in [9.17, 15) is 13.5 Å².